The fraction of sp³-hybridized carbons (Fsp3) is 0.600. The van der Waals surface area contributed by atoms with Gasteiger partial charge in [-0.1, -0.05) is 0 Å². The van der Waals surface area contributed by atoms with Crippen LogP contribution in [0.25, 0.3) is 0 Å². The fourth-order valence-corrected chi connectivity index (χ4v) is 3.73. The van der Waals surface area contributed by atoms with Gasteiger partial charge in [0.1, 0.15) is 5.82 Å². The minimum absolute atomic E-state index is 0.0000535. The summed E-state index contributed by atoms with van der Waals surface area (Å²) < 4.78 is 40.0. The Morgan fingerprint density at radius 3 is 2.32 bits per heavy atom. The Morgan fingerprint density at radius 1 is 1.11 bits per heavy atom. The molecule has 1 saturated heterocycles. The number of hydrogen-bond acceptors (Lipinski definition) is 3. The molecule has 1 aliphatic heterocycles. The molecule has 0 bridgehead atoms. The minimum atomic E-state index is -1.25. The van der Waals surface area contributed by atoms with Gasteiger partial charge in [0.05, 0.1) is 0 Å². The molecule has 2 aliphatic rings. The molecule has 0 spiro atoms. The average Bonchev–Trinajstić information content (AvgIpc) is 3.50. The van der Waals surface area contributed by atoms with Crippen molar-refractivity contribution >= 4 is 11.8 Å². The molecular formula is C20H26F3N3O2. The Hall–Kier alpha value is -2.09. The largest absolute Gasteiger partial charge is 0.342 e. The molecular weight excluding hydrogens is 371 g/mol. The van der Waals surface area contributed by atoms with Crippen molar-refractivity contribution in [2.24, 2.45) is 11.7 Å². The Balaban J connectivity index is 1.47. The number of carbonyl (C=O) groups excluding carboxylic acids is 2. The SMILES string of the molecule is CN(C(=O)C1CC1)C1CCN(C(=O)C[C@H](N)Cc2cc(F)c(F)cc2F)CC1. The van der Waals surface area contributed by atoms with Crippen molar-refractivity contribution < 1.29 is 22.8 Å². The van der Waals surface area contributed by atoms with Gasteiger partial charge in [0.15, 0.2) is 11.6 Å². The van der Waals surface area contributed by atoms with Crippen LogP contribution in [0.3, 0.4) is 0 Å². The van der Waals surface area contributed by atoms with Crippen molar-refractivity contribution in [2.45, 2.75) is 50.6 Å². The molecule has 0 unspecified atom stereocenters. The van der Waals surface area contributed by atoms with E-state index in [2.05, 4.69) is 0 Å². The number of piperidine rings is 1. The third-order valence-electron chi connectivity index (χ3n) is 5.65. The summed E-state index contributed by atoms with van der Waals surface area (Å²) in [6, 6.07) is 0.724. The summed E-state index contributed by atoms with van der Waals surface area (Å²) in [5.41, 5.74) is 5.90. The lowest BCUT2D eigenvalue weighted by molar-refractivity contribution is -0.136. The van der Waals surface area contributed by atoms with Crippen molar-refractivity contribution in [3.63, 3.8) is 0 Å². The van der Waals surface area contributed by atoms with Crippen LogP contribution in [0.4, 0.5) is 13.2 Å². The van der Waals surface area contributed by atoms with Gasteiger partial charge in [0.25, 0.3) is 0 Å². The second-order valence-corrected chi connectivity index (χ2v) is 7.86. The van der Waals surface area contributed by atoms with Gasteiger partial charge in [-0.3, -0.25) is 9.59 Å². The molecule has 154 valence electrons. The average molecular weight is 397 g/mol. The quantitative estimate of drug-likeness (QED) is 0.749. The first-order valence-corrected chi connectivity index (χ1v) is 9.69. The number of nitrogens with zero attached hydrogens (tertiary/aromatic N) is 2. The monoisotopic (exact) mass is 397 g/mol. The summed E-state index contributed by atoms with van der Waals surface area (Å²) in [6.45, 7) is 1.08. The van der Waals surface area contributed by atoms with E-state index >= 15 is 0 Å². The maximum Gasteiger partial charge on any atom is 0.225 e. The van der Waals surface area contributed by atoms with Crippen molar-refractivity contribution in [2.75, 3.05) is 20.1 Å². The van der Waals surface area contributed by atoms with Crippen LogP contribution in [0, 0.1) is 23.4 Å². The highest BCUT2D eigenvalue weighted by molar-refractivity contribution is 5.81. The molecule has 5 nitrogen and oxygen atoms in total. The van der Waals surface area contributed by atoms with Gasteiger partial charge in [0, 0.05) is 50.6 Å². The van der Waals surface area contributed by atoms with Crippen molar-refractivity contribution in [1.29, 1.82) is 0 Å². The molecule has 0 aromatic heterocycles. The third kappa shape index (κ3) is 4.84. The number of hydrogen-bond donors (Lipinski definition) is 1. The zero-order valence-electron chi connectivity index (χ0n) is 16.0. The minimum Gasteiger partial charge on any atom is -0.342 e. The molecule has 1 aromatic rings. The van der Waals surface area contributed by atoms with E-state index in [0.29, 0.717) is 32.0 Å². The molecule has 28 heavy (non-hydrogen) atoms. The lowest BCUT2D eigenvalue weighted by atomic mass is 10.00. The second kappa shape index (κ2) is 8.51. The topological polar surface area (TPSA) is 66.6 Å². The first-order chi connectivity index (χ1) is 13.3. The number of rotatable bonds is 6. The lowest BCUT2D eigenvalue weighted by Gasteiger charge is -2.37. The predicted molar refractivity (Wildman–Crippen MR) is 97.7 cm³/mol. The summed E-state index contributed by atoms with van der Waals surface area (Å²) >= 11 is 0. The van der Waals surface area contributed by atoms with Crippen molar-refractivity contribution in [1.82, 2.24) is 9.80 Å². The molecule has 1 aromatic carbocycles. The highest BCUT2D eigenvalue weighted by Crippen LogP contribution is 2.32. The van der Waals surface area contributed by atoms with Crippen molar-refractivity contribution in [3.8, 4) is 0 Å². The lowest BCUT2D eigenvalue weighted by Crippen LogP contribution is -2.48. The maximum absolute atomic E-state index is 13.7. The highest BCUT2D eigenvalue weighted by Gasteiger charge is 2.36. The normalized spacial score (nSPS) is 18.8. The maximum atomic E-state index is 13.7. The Bertz CT molecular complexity index is 746. The molecule has 1 atom stereocenters. The first kappa shape index (κ1) is 20.6. The van der Waals surface area contributed by atoms with Crippen LogP contribution in [0.5, 0.6) is 0 Å². The van der Waals surface area contributed by atoms with Crippen LogP contribution in [-0.2, 0) is 16.0 Å². The predicted octanol–water partition coefficient (Wildman–Crippen LogP) is 2.22. The standard InChI is InChI=1S/C20H26F3N3O2/c1-25(20(28)12-2-3-12)15-4-6-26(7-5-15)19(27)10-14(24)8-13-9-17(22)18(23)11-16(13)21/h9,11-12,14-15H,2-8,10,24H2,1H3/t14-/m1/s1. The van der Waals surface area contributed by atoms with Crippen LogP contribution in [0.15, 0.2) is 12.1 Å². The molecule has 2 fully saturated rings. The smallest absolute Gasteiger partial charge is 0.225 e. The highest BCUT2D eigenvalue weighted by atomic mass is 19.2. The van der Waals surface area contributed by atoms with Crippen molar-refractivity contribution in [3.05, 3.63) is 35.1 Å². The Morgan fingerprint density at radius 2 is 1.71 bits per heavy atom. The van der Waals surface area contributed by atoms with Gasteiger partial charge in [-0.25, -0.2) is 13.2 Å². The summed E-state index contributed by atoms with van der Waals surface area (Å²) in [7, 11) is 1.83. The van der Waals surface area contributed by atoms with Gasteiger partial charge >= 0.3 is 0 Å². The second-order valence-electron chi connectivity index (χ2n) is 7.86. The zero-order valence-corrected chi connectivity index (χ0v) is 16.0. The van der Waals surface area contributed by atoms with E-state index in [-0.39, 0.29) is 42.2 Å². The van der Waals surface area contributed by atoms with Gasteiger partial charge in [-0.2, -0.15) is 0 Å². The molecule has 3 rings (SSSR count). The molecule has 8 heteroatoms. The first-order valence-electron chi connectivity index (χ1n) is 9.69. The van der Waals surface area contributed by atoms with Crippen LogP contribution in [0.1, 0.15) is 37.7 Å². The summed E-state index contributed by atoms with van der Waals surface area (Å²) in [5.74, 6) is -3.03. The van der Waals surface area contributed by atoms with Gasteiger partial charge in [0.2, 0.25) is 11.8 Å². The Labute approximate surface area is 162 Å². The molecule has 1 aliphatic carbocycles. The zero-order chi connectivity index (χ0) is 20.4. The van der Waals surface area contributed by atoms with E-state index in [9.17, 15) is 22.8 Å². The molecule has 1 saturated carbocycles. The fourth-order valence-electron chi connectivity index (χ4n) is 3.73. The summed E-state index contributed by atoms with van der Waals surface area (Å²) in [6.07, 6.45) is 3.32. The van der Waals surface area contributed by atoms with Gasteiger partial charge in [-0.05, 0) is 43.7 Å². The van der Waals surface area contributed by atoms with Gasteiger partial charge < -0.3 is 15.5 Å². The van der Waals surface area contributed by atoms with E-state index < -0.39 is 23.5 Å². The number of amides is 2. The van der Waals surface area contributed by atoms with Crippen LogP contribution in [-0.4, -0.2) is 53.8 Å². The molecule has 2 amide bonds. The number of likely N-dealkylation sites (tertiary alicyclic amines) is 1. The van der Waals surface area contributed by atoms with Crippen LogP contribution < -0.4 is 5.73 Å². The Kier molecular flexibility index (Phi) is 6.27. The summed E-state index contributed by atoms with van der Waals surface area (Å²) in [4.78, 5) is 28.1. The van der Waals surface area contributed by atoms with E-state index in [1.807, 2.05) is 11.9 Å². The van der Waals surface area contributed by atoms with E-state index in [1.54, 1.807) is 4.90 Å². The van der Waals surface area contributed by atoms with E-state index in [4.69, 9.17) is 5.73 Å². The van der Waals surface area contributed by atoms with Crippen LogP contribution in [0.2, 0.25) is 0 Å². The molecule has 0 radical (unpaired) electrons. The van der Waals surface area contributed by atoms with E-state index in [0.717, 1.165) is 18.9 Å². The number of carbonyl (C=O) groups is 2. The van der Waals surface area contributed by atoms with E-state index in [1.165, 1.54) is 0 Å². The van der Waals surface area contributed by atoms with Crippen LogP contribution >= 0.6 is 0 Å². The number of nitrogens with two attached hydrogens (primary N) is 1. The number of halogens is 3. The number of benzene rings is 1. The molecule has 2 N–H and O–H groups in total. The third-order valence-corrected chi connectivity index (χ3v) is 5.65. The molecule has 1 heterocycles. The van der Waals surface area contributed by atoms with Gasteiger partial charge in [-0.15, -0.1) is 0 Å². The summed E-state index contributed by atoms with van der Waals surface area (Å²) in [5, 5.41) is 0.